The maximum absolute atomic E-state index is 12.8. The summed E-state index contributed by atoms with van der Waals surface area (Å²) in [5.41, 5.74) is 3.04. The molecule has 0 bridgehead atoms. The molecule has 0 saturated carbocycles. The average molecular weight is 383 g/mol. The normalized spacial score (nSPS) is 10.8. The molecular weight excluding hydrogens is 370 g/mol. The molecule has 4 rings (SSSR count). The third-order valence-electron chi connectivity index (χ3n) is 3.64. The van der Waals surface area contributed by atoms with Gasteiger partial charge in [-0.3, -0.25) is 15.0 Å². The van der Waals surface area contributed by atoms with Crippen LogP contribution in [0.25, 0.3) is 20.7 Å². The maximum atomic E-state index is 12.8. The summed E-state index contributed by atoms with van der Waals surface area (Å²) >= 11 is 2.96. The number of thiophene rings is 2. The maximum Gasteiger partial charge on any atom is 0.281 e. The van der Waals surface area contributed by atoms with Crippen molar-refractivity contribution in [2.45, 2.75) is 0 Å². The molecule has 0 aliphatic carbocycles. The minimum absolute atomic E-state index is 0.199. The lowest BCUT2D eigenvalue weighted by Crippen LogP contribution is -2.35. The van der Waals surface area contributed by atoms with E-state index in [2.05, 4.69) is 10.4 Å². The Morgan fingerprint density at radius 1 is 1.15 bits per heavy atom. The Bertz CT molecular complexity index is 1100. The Labute approximate surface area is 156 Å². The van der Waals surface area contributed by atoms with Crippen LogP contribution in [0, 0.1) is 0 Å². The second-order valence-electron chi connectivity index (χ2n) is 5.36. The molecule has 26 heavy (non-hydrogen) atoms. The molecule has 0 aliphatic rings. The zero-order valence-corrected chi connectivity index (χ0v) is 15.0. The first-order valence-electron chi connectivity index (χ1n) is 7.73. The number of hydrogen-bond acceptors (Lipinski definition) is 6. The van der Waals surface area contributed by atoms with E-state index in [1.807, 2.05) is 41.1 Å². The van der Waals surface area contributed by atoms with Crippen molar-refractivity contribution in [3.05, 3.63) is 69.9 Å². The third kappa shape index (κ3) is 3.24. The van der Waals surface area contributed by atoms with Crippen LogP contribution in [0.4, 0.5) is 0 Å². The molecule has 130 valence electrons. The van der Waals surface area contributed by atoms with Gasteiger partial charge in [0.25, 0.3) is 11.5 Å². The van der Waals surface area contributed by atoms with Crippen molar-refractivity contribution in [1.29, 1.82) is 0 Å². The minimum Gasteiger partial charge on any atom is -0.484 e. The number of fused-ring (bicyclic) bond motifs is 1. The van der Waals surface area contributed by atoms with E-state index in [1.54, 1.807) is 23.5 Å². The smallest absolute Gasteiger partial charge is 0.281 e. The van der Waals surface area contributed by atoms with E-state index in [1.165, 1.54) is 17.7 Å². The van der Waals surface area contributed by atoms with Crippen molar-refractivity contribution >= 4 is 38.8 Å². The van der Waals surface area contributed by atoms with Crippen molar-refractivity contribution in [2.24, 2.45) is 0 Å². The van der Waals surface area contributed by atoms with Crippen molar-refractivity contribution in [2.75, 3.05) is 12.0 Å². The van der Waals surface area contributed by atoms with Gasteiger partial charge in [-0.2, -0.15) is 0 Å². The van der Waals surface area contributed by atoms with Gasteiger partial charge in [-0.05, 0) is 23.6 Å². The van der Waals surface area contributed by atoms with Gasteiger partial charge in [-0.15, -0.1) is 22.7 Å². The van der Waals surface area contributed by atoms with Crippen LogP contribution in [0.5, 0.6) is 5.75 Å². The Morgan fingerprint density at radius 2 is 2.00 bits per heavy atom. The molecule has 1 aromatic carbocycles. The third-order valence-corrected chi connectivity index (χ3v) is 5.43. The molecule has 0 atom stereocenters. The average Bonchev–Trinajstić information content (AvgIpc) is 3.32. The van der Waals surface area contributed by atoms with Crippen LogP contribution in [-0.4, -0.2) is 22.2 Å². The largest absolute Gasteiger partial charge is 0.484 e. The number of nitrogens with one attached hydrogen (secondary N) is 1. The summed E-state index contributed by atoms with van der Waals surface area (Å²) in [5.74, 6) is 0.145. The molecule has 1 N–H and O–H groups in total. The number of nitrogens with zero attached hydrogens (tertiary/aromatic N) is 2. The quantitative estimate of drug-likeness (QED) is 0.574. The number of carbonyl (C=O) groups is 1. The van der Waals surface area contributed by atoms with Gasteiger partial charge < -0.3 is 4.74 Å². The Morgan fingerprint density at radius 3 is 2.77 bits per heavy atom. The van der Waals surface area contributed by atoms with Gasteiger partial charge >= 0.3 is 0 Å². The van der Waals surface area contributed by atoms with Gasteiger partial charge in [0.05, 0.1) is 5.39 Å². The SMILES string of the molecule is O=C(COc1ccccc1)Nn1cnc2scc(-c3cccs3)c2c1=O. The number of aromatic nitrogens is 2. The van der Waals surface area contributed by atoms with E-state index in [0.717, 1.165) is 15.1 Å². The van der Waals surface area contributed by atoms with Crippen LogP contribution in [0.2, 0.25) is 0 Å². The fourth-order valence-corrected chi connectivity index (χ4v) is 4.18. The van der Waals surface area contributed by atoms with Gasteiger partial charge in [0.15, 0.2) is 6.61 Å². The lowest BCUT2D eigenvalue weighted by Gasteiger charge is -2.09. The standard InChI is InChI=1S/C18H13N3O3S2/c22-15(9-24-12-5-2-1-3-6-12)20-21-11-19-17-16(18(21)23)13(10-26-17)14-7-4-8-25-14/h1-8,10-11H,9H2,(H,20,22). The van der Waals surface area contributed by atoms with Gasteiger partial charge in [-0.1, -0.05) is 24.3 Å². The fourth-order valence-electron chi connectivity index (χ4n) is 2.46. The second-order valence-corrected chi connectivity index (χ2v) is 7.17. The van der Waals surface area contributed by atoms with Crippen LogP contribution in [0.15, 0.2) is 64.3 Å². The summed E-state index contributed by atoms with van der Waals surface area (Å²) in [4.78, 5) is 30.8. The van der Waals surface area contributed by atoms with Crippen molar-refractivity contribution < 1.29 is 9.53 Å². The van der Waals surface area contributed by atoms with Crippen LogP contribution < -0.4 is 15.7 Å². The molecule has 1 amide bonds. The first-order valence-corrected chi connectivity index (χ1v) is 9.49. The number of benzene rings is 1. The summed E-state index contributed by atoms with van der Waals surface area (Å²) < 4.78 is 6.49. The molecule has 3 heterocycles. The van der Waals surface area contributed by atoms with E-state index in [9.17, 15) is 9.59 Å². The molecule has 0 saturated heterocycles. The molecule has 0 fully saturated rings. The number of rotatable bonds is 5. The fraction of sp³-hybridized carbons (Fsp3) is 0.0556. The molecule has 4 aromatic rings. The zero-order valence-electron chi connectivity index (χ0n) is 13.4. The van der Waals surface area contributed by atoms with Crippen molar-refractivity contribution in [3.63, 3.8) is 0 Å². The van der Waals surface area contributed by atoms with Gasteiger partial charge in [0.2, 0.25) is 0 Å². The summed E-state index contributed by atoms with van der Waals surface area (Å²) in [6.07, 6.45) is 1.32. The first kappa shape index (κ1) is 16.5. The summed E-state index contributed by atoms with van der Waals surface area (Å²) in [7, 11) is 0. The first-order chi connectivity index (χ1) is 12.7. The molecule has 6 nitrogen and oxygen atoms in total. The number of hydrogen-bond donors (Lipinski definition) is 1. The predicted octanol–water partition coefficient (Wildman–Crippen LogP) is 3.34. The number of ether oxygens (including phenoxy) is 1. The number of carbonyl (C=O) groups excluding carboxylic acids is 1. The number of para-hydroxylation sites is 1. The van der Waals surface area contributed by atoms with Crippen LogP contribution in [0.1, 0.15) is 0 Å². The Hall–Kier alpha value is -2.97. The van der Waals surface area contributed by atoms with E-state index >= 15 is 0 Å². The van der Waals surface area contributed by atoms with Crippen molar-refractivity contribution in [1.82, 2.24) is 9.66 Å². The molecule has 8 heteroatoms. The van der Waals surface area contributed by atoms with Crippen LogP contribution >= 0.6 is 22.7 Å². The predicted molar refractivity (Wildman–Crippen MR) is 103 cm³/mol. The summed E-state index contributed by atoms with van der Waals surface area (Å²) in [5, 5.41) is 4.37. The highest BCUT2D eigenvalue weighted by Gasteiger charge is 2.15. The van der Waals surface area contributed by atoms with Gasteiger partial charge in [0.1, 0.15) is 16.9 Å². The number of amides is 1. The Balaban J connectivity index is 1.57. The lowest BCUT2D eigenvalue weighted by molar-refractivity contribution is -0.119. The highest BCUT2D eigenvalue weighted by molar-refractivity contribution is 7.18. The topological polar surface area (TPSA) is 73.2 Å². The van der Waals surface area contributed by atoms with E-state index in [4.69, 9.17) is 4.74 Å². The lowest BCUT2D eigenvalue weighted by atomic mass is 10.2. The molecule has 3 aromatic heterocycles. The summed E-state index contributed by atoms with van der Waals surface area (Å²) in [6.45, 7) is -0.199. The highest BCUT2D eigenvalue weighted by atomic mass is 32.1. The van der Waals surface area contributed by atoms with Crippen molar-refractivity contribution in [3.8, 4) is 16.2 Å². The second kappa shape index (κ2) is 7.11. The molecular formula is C18H13N3O3S2. The van der Waals surface area contributed by atoms with E-state index in [-0.39, 0.29) is 12.2 Å². The Kier molecular flexibility index (Phi) is 4.51. The summed E-state index contributed by atoms with van der Waals surface area (Å²) in [6, 6.07) is 12.9. The zero-order chi connectivity index (χ0) is 17.9. The van der Waals surface area contributed by atoms with Gasteiger partial charge in [-0.25, -0.2) is 9.66 Å². The van der Waals surface area contributed by atoms with Crippen LogP contribution in [-0.2, 0) is 4.79 Å². The molecule has 0 unspecified atom stereocenters. The molecule has 0 aliphatic heterocycles. The monoisotopic (exact) mass is 383 g/mol. The van der Waals surface area contributed by atoms with Gasteiger partial charge in [0, 0.05) is 15.8 Å². The van der Waals surface area contributed by atoms with E-state index < -0.39 is 5.91 Å². The minimum atomic E-state index is -0.440. The molecule has 0 radical (unpaired) electrons. The molecule has 0 spiro atoms. The highest BCUT2D eigenvalue weighted by Crippen LogP contribution is 2.33. The van der Waals surface area contributed by atoms with E-state index in [0.29, 0.717) is 16.0 Å². The van der Waals surface area contributed by atoms with Crippen LogP contribution in [0.3, 0.4) is 0 Å².